The number of hydrogen-bond donors (Lipinski definition) is 1. The third-order valence-corrected chi connectivity index (χ3v) is 13.0. The van der Waals surface area contributed by atoms with Crippen LogP contribution in [0.5, 0.6) is 11.5 Å². The molecule has 0 radical (unpaired) electrons. The maximum Gasteiger partial charge on any atom is 0.355 e. The van der Waals surface area contributed by atoms with Gasteiger partial charge in [-0.2, -0.15) is 5.10 Å². The van der Waals surface area contributed by atoms with Gasteiger partial charge in [0.05, 0.1) is 43.2 Å². The number of carbonyl (C=O) groups is 1. The lowest BCUT2D eigenvalue weighted by Crippen LogP contribution is -2.51. The predicted molar refractivity (Wildman–Crippen MR) is 245 cm³/mol. The first-order chi connectivity index (χ1) is 29.2. The number of rotatable bonds is 19. The Bertz CT molecular complexity index is 2370. The molecule has 7 rings (SSSR count). The summed E-state index contributed by atoms with van der Waals surface area (Å²) < 4.78 is 39.0. The molecule has 0 spiro atoms. The molecule has 1 fully saturated rings. The van der Waals surface area contributed by atoms with Crippen molar-refractivity contribution in [1.82, 2.24) is 28.3 Å². The van der Waals surface area contributed by atoms with Crippen LogP contribution in [0.2, 0.25) is 0 Å². The Labute approximate surface area is 364 Å². The molecule has 0 aliphatic carbocycles. The number of nitrogens with zero attached hydrogens (tertiary/aromatic N) is 6. The highest BCUT2D eigenvalue weighted by atomic mass is 79.9. The second kappa shape index (κ2) is 20.3. The van der Waals surface area contributed by atoms with Crippen LogP contribution in [0.1, 0.15) is 47.2 Å². The number of halogens is 1. The summed E-state index contributed by atoms with van der Waals surface area (Å²) in [6, 6.07) is 28.9. The summed E-state index contributed by atoms with van der Waals surface area (Å²) in [4.78, 5) is 16.3. The number of hydrogen-bond acceptors (Lipinski definition) is 10. The van der Waals surface area contributed by atoms with E-state index in [9.17, 15) is 9.35 Å². The van der Waals surface area contributed by atoms with Crippen molar-refractivity contribution < 1.29 is 23.6 Å². The van der Waals surface area contributed by atoms with Gasteiger partial charge in [0.25, 0.3) is 0 Å². The second-order valence-electron chi connectivity index (χ2n) is 15.1. The minimum atomic E-state index is -1.12. The maximum atomic E-state index is 14.0. The molecule has 1 atom stereocenters. The van der Waals surface area contributed by atoms with E-state index in [0.29, 0.717) is 43.6 Å². The summed E-state index contributed by atoms with van der Waals surface area (Å²) >= 11 is 2.62. The van der Waals surface area contributed by atoms with E-state index in [1.54, 1.807) is 4.31 Å². The molecule has 1 unspecified atom stereocenters. The molecule has 0 amide bonds. The van der Waals surface area contributed by atoms with Gasteiger partial charge in [0.1, 0.15) is 35.3 Å². The molecule has 0 saturated carbocycles. The maximum absolute atomic E-state index is 14.0. The van der Waals surface area contributed by atoms with Crippen molar-refractivity contribution in [3.05, 3.63) is 108 Å². The Morgan fingerprint density at radius 1 is 0.933 bits per heavy atom. The molecule has 4 aromatic carbocycles. The predicted octanol–water partition coefficient (Wildman–Crippen LogP) is 7.73. The summed E-state index contributed by atoms with van der Waals surface area (Å²) in [7, 11) is 7.58. The Morgan fingerprint density at radius 2 is 1.67 bits per heavy atom. The van der Waals surface area contributed by atoms with Crippen molar-refractivity contribution >= 4 is 60.8 Å². The van der Waals surface area contributed by atoms with E-state index in [1.807, 2.05) is 80.5 Å². The van der Waals surface area contributed by atoms with Crippen LogP contribution in [0.3, 0.4) is 0 Å². The van der Waals surface area contributed by atoms with Crippen LogP contribution < -0.4 is 19.7 Å². The number of aryl methyl sites for hydroxylation is 3. The number of aromatic nitrogens is 3. The third kappa shape index (κ3) is 9.49. The van der Waals surface area contributed by atoms with Crippen molar-refractivity contribution in [1.29, 1.82) is 0 Å². The number of benzene rings is 4. The van der Waals surface area contributed by atoms with Gasteiger partial charge in [-0.05, 0) is 81.1 Å². The standard InChI is InChI=1S/C46H56BrN7O5S/c1-6-57-46(55)45-38(18-11-30-58-42-19-9-14-33-13-7-8-15-36(33)42)37-16-10-17-39(44(37)54(45)25-12-24-48-2)43-40(31-47)49-51(5)41(43)32-59-35-22-20-34(21-23-35)52-26-28-53(29-27-52)60(56)50(3)4/h7-10,13-17,19-23,48H,6,11-12,18,24-32H2,1-5H3. The molecule has 3 heterocycles. The van der Waals surface area contributed by atoms with Crippen LogP contribution in [0.25, 0.3) is 32.8 Å². The van der Waals surface area contributed by atoms with Crippen molar-refractivity contribution in [3.8, 4) is 22.6 Å². The minimum absolute atomic E-state index is 0.279. The summed E-state index contributed by atoms with van der Waals surface area (Å²) in [5.74, 6) is 1.29. The van der Waals surface area contributed by atoms with Gasteiger partial charge < -0.3 is 33.5 Å². The smallest absolute Gasteiger partial charge is 0.355 e. The molecular weight excluding hydrogens is 843 g/mol. The molecule has 0 bridgehead atoms. The molecule has 318 valence electrons. The fraction of sp³-hybridized carbons (Fsp3) is 0.391. The molecule has 2 aromatic heterocycles. The van der Waals surface area contributed by atoms with Gasteiger partial charge in [-0.3, -0.25) is 4.68 Å². The summed E-state index contributed by atoms with van der Waals surface area (Å²) in [5, 5.41) is 12.0. The number of para-hydroxylation sites is 1. The van der Waals surface area contributed by atoms with Gasteiger partial charge >= 0.3 is 5.97 Å². The van der Waals surface area contributed by atoms with E-state index < -0.39 is 11.5 Å². The Balaban J connectivity index is 1.18. The number of fused-ring (bicyclic) bond motifs is 2. The zero-order chi connectivity index (χ0) is 42.2. The van der Waals surface area contributed by atoms with Gasteiger partial charge in [-0.25, -0.2) is 4.79 Å². The van der Waals surface area contributed by atoms with Crippen molar-refractivity contribution in [2.24, 2.45) is 7.05 Å². The number of alkyl halides is 1. The van der Waals surface area contributed by atoms with E-state index in [-0.39, 0.29) is 12.6 Å². The lowest BCUT2D eigenvalue weighted by atomic mass is 9.98. The zero-order valence-electron chi connectivity index (χ0n) is 35.3. The highest BCUT2D eigenvalue weighted by Crippen LogP contribution is 2.40. The van der Waals surface area contributed by atoms with Gasteiger partial charge in [0.15, 0.2) is 0 Å². The average Bonchev–Trinajstić information content (AvgIpc) is 3.77. The highest BCUT2D eigenvalue weighted by molar-refractivity contribution is 9.08. The largest absolute Gasteiger partial charge is 0.578 e. The van der Waals surface area contributed by atoms with Crippen molar-refractivity contribution in [2.45, 2.75) is 44.7 Å². The number of piperazine rings is 1. The molecule has 1 N–H and O–H groups in total. The minimum Gasteiger partial charge on any atom is -0.578 e. The van der Waals surface area contributed by atoms with Crippen LogP contribution in [0.15, 0.2) is 84.9 Å². The first-order valence-corrected chi connectivity index (χ1v) is 22.9. The van der Waals surface area contributed by atoms with Gasteiger partial charge in [-0.15, -0.1) is 8.61 Å². The molecule has 1 saturated heterocycles. The topological polar surface area (TPSA) is 112 Å². The third-order valence-electron chi connectivity index (χ3n) is 11.0. The van der Waals surface area contributed by atoms with Crippen molar-refractivity contribution in [2.75, 3.05) is 72.0 Å². The first-order valence-electron chi connectivity index (χ1n) is 20.7. The molecule has 60 heavy (non-hydrogen) atoms. The van der Waals surface area contributed by atoms with E-state index >= 15 is 0 Å². The van der Waals surface area contributed by atoms with Crippen LogP contribution in [-0.2, 0) is 48.2 Å². The quantitative estimate of drug-likeness (QED) is 0.0376. The van der Waals surface area contributed by atoms with E-state index in [0.717, 1.165) is 106 Å². The SMILES string of the molecule is CCOC(=O)c1c(CCCOc2cccc3ccccc23)c2cccc(-c3c(CBr)nn(C)c3COc3ccc(N4CCN([S+]([O-])N(C)C)CC4)cc3)c2n1CCCNC. The zero-order valence-corrected chi connectivity index (χ0v) is 37.7. The number of anilines is 1. The highest BCUT2D eigenvalue weighted by Gasteiger charge is 2.30. The Morgan fingerprint density at radius 3 is 2.40 bits per heavy atom. The van der Waals surface area contributed by atoms with Gasteiger partial charge in [0, 0.05) is 73.7 Å². The molecular formula is C46H56BrN7O5S. The van der Waals surface area contributed by atoms with Crippen LogP contribution in [-0.4, -0.2) is 101 Å². The number of ether oxygens (including phenoxy) is 3. The normalized spacial score (nSPS) is 14.0. The molecule has 1 aliphatic heterocycles. The fourth-order valence-electron chi connectivity index (χ4n) is 8.19. The van der Waals surface area contributed by atoms with E-state index in [1.165, 1.54) is 0 Å². The number of carbonyl (C=O) groups excluding carboxylic acids is 1. The first kappa shape index (κ1) is 43.5. The molecule has 1 aliphatic rings. The van der Waals surface area contributed by atoms with E-state index in [2.05, 4.69) is 79.2 Å². The number of nitrogens with one attached hydrogen (secondary N) is 1. The summed E-state index contributed by atoms with van der Waals surface area (Å²) in [6.45, 7) is 7.41. The number of esters is 1. The summed E-state index contributed by atoms with van der Waals surface area (Å²) in [5.41, 5.74) is 7.44. The van der Waals surface area contributed by atoms with Gasteiger partial charge in [-0.1, -0.05) is 70.5 Å². The van der Waals surface area contributed by atoms with Crippen LogP contribution in [0, 0.1) is 0 Å². The molecule has 14 heteroatoms. The Hall–Kier alpha value is -4.57. The molecule has 6 aromatic rings. The van der Waals surface area contributed by atoms with E-state index in [4.69, 9.17) is 19.3 Å². The molecule has 12 nitrogen and oxygen atoms in total. The van der Waals surface area contributed by atoms with Gasteiger partial charge in [0.2, 0.25) is 0 Å². The Kier molecular flexibility index (Phi) is 14.7. The lowest BCUT2D eigenvalue weighted by molar-refractivity contribution is 0.0512. The fourth-order valence-corrected chi connectivity index (χ4v) is 9.52. The second-order valence-corrected chi connectivity index (χ2v) is 17.3. The lowest BCUT2D eigenvalue weighted by Gasteiger charge is -2.36. The van der Waals surface area contributed by atoms with Crippen LogP contribution >= 0.6 is 15.9 Å². The average molecular weight is 899 g/mol. The van der Waals surface area contributed by atoms with Crippen LogP contribution in [0.4, 0.5) is 5.69 Å². The summed E-state index contributed by atoms with van der Waals surface area (Å²) in [6.07, 6.45) is 2.16. The monoisotopic (exact) mass is 897 g/mol. The van der Waals surface area contributed by atoms with Crippen molar-refractivity contribution in [3.63, 3.8) is 0 Å².